The van der Waals surface area contributed by atoms with E-state index in [1.54, 1.807) is 6.07 Å². The van der Waals surface area contributed by atoms with E-state index in [9.17, 15) is 18.0 Å². The first kappa shape index (κ1) is 14.4. The SMILES string of the molecule is CC(NC1CCC1)c1cc2c(c(C(F)(F)F)c1)CNC2=O. The van der Waals surface area contributed by atoms with Gasteiger partial charge in [0.1, 0.15) is 0 Å². The lowest BCUT2D eigenvalue weighted by Gasteiger charge is -2.30. The van der Waals surface area contributed by atoms with Crippen molar-refractivity contribution in [2.24, 2.45) is 0 Å². The number of alkyl halides is 3. The highest BCUT2D eigenvalue weighted by Gasteiger charge is 2.38. The molecule has 1 atom stereocenters. The first-order valence-corrected chi connectivity index (χ1v) is 7.14. The van der Waals surface area contributed by atoms with Crippen LogP contribution in [-0.2, 0) is 12.7 Å². The number of benzene rings is 1. The fraction of sp³-hybridized carbons (Fsp3) is 0.533. The topological polar surface area (TPSA) is 41.1 Å². The number of hydrogen-bond acceptors (Lipinski definition) is 2. The molecule has 1 aliphatic heterocycles. The molecule has 114 valence electrons. The van der Waals surface area contributed by atoms with Gasteiger partial charge in [-0.25, -0.2) is 0 Å². The summed E-state index contributed by atoms with van der Waals surface area (Å²) >= 11 is 0. The lowest BCUT2D eigenvalue weighted by Crippen LogP contribution is -2.37. The summed E-state index contributed by atoms with van der Waals surface area (Å²) in [7, 11) is 0. The summed E-state index contributed by atoms with van der Waals surface area (Å²) in [6.07, 6.45) is -1.17. The normalized spacial score (nSPS) is 19.9. The standard InChI is InChI=1S/C15H17F3N2O/c1-8(20-10-3-2-4-10)9-5-11-12(7-19-14(11)21)13(6-9)15(16,17)18/h5-6,8,10,20H,2-4,7H2,1H3,(H,19,21). The zero-order valence-electron chi connectivity index (χ0n) is 11.7. The molecule has 1 aliphatic carbocycles. The second-order valence-electron chi connectivity index (χ2n) is 5.79. The monoisotopic (exact) mass is 298 g/mol. The Hall–Kier alpha value is -1.56. The maximum atomic E-state index is 13.2. The zero-order chi connectivity index (χ0) is 15.2. The van der Waals surface area contributed by atoms with Gasteiger partial charge in [-0.3, -0.25) is 4.79 Å². The quantitative estimate of drug-likeness (QED) is 0.900. The van der Waals surface area contributed by atoms with E-state index in [-0.39, 0.29) is 23.7 Å². The summed E-state index contributed by atoms with van der Waals surface area (Å²) in [5.41, 5.74) is 0.0369. The molecule has 1 aromatic carbocycles. The number of amides is 1. The van der Waals surface area contributed by atoms with Crippen LogP contribution >= 0.6 is 0 Å². The molecule has 6 heteroatoms. The lowest BCUT2D eigenvalue weighted by atomic mass is 9.90. The van der Waals surface area contributed by atoms with Crippen molar-refractivity contribution in [1.82, 2.24) is 10.6 Å². The zero-order valence-corrected chi connectivity index (χ0v) is 11.7. The maximum Gasteiger partial charge on any atom is 0.416 e. The summed E-state index contributed by atoms with van der Waals surface area (Å²) in [5, 5.41) is 5.79. The summed E-state index contributed by atoms with van der Waals surface area (Å²) in [6, 6.07) is 2.94. The van der Waals surface area contributed by atoms with Crippen molar-refractivity contribution in [3.63, 3.8) is 0 Å². The van der Waals surface area contributed by atoms with E-state index in [0.717, 1.165) is 19.3 Å². The van der Waals surface area contributed by atoms with Crippen LogP contribution in [0.4, 0.5) is 13.2 Å². The predicted molar refractivity (Wildman–Crippen MR) is 71.8 cm³/mol. The fourth-order valence-corrected chi connectivity index (χ4v) is 2.88. The molecule has 1 fully saturated rings. The Balaban J connectivity index is 1.97. The molecule has 1 heterocycles. The van der Waals surface area contributed by atoms with Gasteiger partial charge in [0.25, 0.3) is 5.91 Å². The largest absolute Gasteiger partial charge is 0.416 e. The Kier molecular flexibility index (Phi) is 3.43. The average Bonchev–Trinajstić information content (AvgIpc) is 2.73. The van der Waals surface area contributed by atoms with Crippen LogP contribution in [0.3, 0.4) is 0 Å². The van der Waals surface area contributed by atoms with Crippen LogP contribution in [0.25, 0.3) is 0 Å². The van der Waals surface area contributed by atoms with Crippen LogP contribution in [0.2, 0.25) is 0 Å². The molecule has 0 saturated heterocycles. The van der Waals surface area contributed by atoms with Crippen molar-refractivity contribution >= 4 is 5.91 Å². The van der Waals surface area contributed by atoms with Gasteiger partial charge in [-0.1, -0.05) is 6.42 Å². The van der Waals surface area contributed by atoms with Gasteiger partial charge in [-0.2, -0.15) is 13.2 Å². The van der Waals surface area contributed by atoms with Crippen molar-refractivity contribution in [2.45, 2.75) is 51.0 Å². The number of rotatable bonds is 3. The Labute approximate surface area is 120 Å². The van der Waals surface area contributed by atoms with E-state index < -0.39 is 17.6 Å². The Morgan fingerprint density at radius 2 is 2.05 bits per heavy atom. The second-order valence-corrected chi connectivity index (χ2v) is 5.79. The van der Waals surface area contributed by atoms with Crippen LogP contribution < -0.4 is 10.6 Å². The molecule has 1 unspecified atom stereocenters. The van der Waals surface area contributed by atoms with Crippen molar-refractivity contribution < 1.29 is 18.0 Å². The van der Waals surface area contributed by atoms with Gasteiger partial charge >= 0.3 is 6.18 Å². The van der Waals surface area contributed by atoms with E-state index in [2.05, 4.69) is 10.6 Å². The molecule has 3 rings (SSSR count). The van der Waals surface area contributed by atoms with Crippen LogP contribution in [0, 0.1) is 0 Å². The molecule has 0 radical (unpaired) electrons. The van der Waals surface area contributed by atoms with Crippen molar-refractivity contribution in [2.75, 3.05) is 0 Å². The molecule has 2 N–H and O–H groups in total. The Bertz CT molecular complexity index is 579. The third-order valence-electron chi connectivity index (χ3n) is 4.34. The number of hydrogen-bond donors (Lipinski definition) is 2. The number of carbonyl (C=O) groups is 1. The summed E-state index contributed by atoms with van der Waals surface area (Å²) in [5.74, 6) is -0.423. The molecule has 1 saturated carbocycles. The second kappa shape index (κ2) is 5.02. The van der Waals surface area contributed by atoms with Gasteiger partial charge in [0.05, 0.1) is 5.56 Å². The molecular formula is C15H17F3N2O. The molecule has 0 bridgehead atoms. The smallest absolute Gasteiger partial charge is 0.348 e. The van der Waals surface area contributed by atoms with E-state index in [0.29, 0.717) is 11.6 Å². The van der Waals surface area contributed by atoms with Crippen LogP contribution in [0.1, 0.15) is 59.3 Å². The minimum atomic E-state index is -4.44. The average molecular weight is 298 g/mol. The van der Waals surface area contributed by atoms with E-state index >= 15 is 0 Å². The molecule has 0 spiro atoms. The van der Waals surface area contributed by atoms with Crippen LogP contribution in [0.5, 0.6) is 0 Å². The first-order valence-electron chi connectivity index (χ1n) is 7.14. The first-order chi connectivity index (χ1) is 9.86. The van der Waals surface area contributed by atoms with Crippen molar-refractivity contribution in [3.8, 4) is 0 Å². The van der Waals surface area contributed by atoms with Gasteiger partial charge in [0.15, 0.2) is 0 Å². The molecule has 1 amide bonds. The molecule has 1 aromatic rings. The van der Waals surface area contributed by atoms with Gasteiger partial charge in [-0.05, 0) is 43.0 Å². The Morgan fingerprint density at radius 1 is 1.33 bits per heavy atom. The third-order valence-corrected chi connectivity index (χ3v) is 4.34. The minimum Gasteiger partial charge on any atom is -0.348 e. The highest BCUT2D eigenvalue weighted by Crippen LogP contribution is 2.37. The van der Waals surface area contributed by atoms with Gasteiger partial charge in [-0.15, -0.1) is 0 Å². The Morgan fingerprint density at radius 3 is 2.62 bits per heavy atom. The summed E-state index contributed by atoms with van der Waals surface area (Å²) in [6.45, 7) is 1.79. The number of carbonyl (C=O) groups excluding carboxylic acids is 1. The van der Waals surface area contributed by atoms with Crippen molar-refractivity contribution in [1.29, 1.82) is 0 Å². The maximum absolute atomic E-state index is 13.2. The van der Waals surface area contributed by atoms with E-state index in [1.165, 1.54) is 6.07 Å². The summed E-state index contributed by atoms with van der Waals surface area (Å²) < 4.78 is 39.6. The molecule has 3 nitrogen and oxygen atoms in total. The van der Waals surface area contributed by atoms with Gasteiger partial charge in [0, 0.05) is 24.2 Å². The van der Waals surface area contributed by atoms with Crippen LogP contribution in [0.15, 0.2) is 12.1 Å². The van der Waals surface area contributed by atoms with E-state index in [1.807, 2.05) is 6.92 Å². The van der Waals surface area contributed by atoms with Crippen molar-refractivity contribution in [3.05, 3.63) is 34.4 Å². The molecular weight excluding hydrogens is 281 g/mol. The van der Waals surface area contributed by atoms with Gasteiger partial charge < -0.3 is 10.6 Å². The lowest BCUT2D eigenvalue weighted by molar-refractivity contribution is -0.138. The molecule has 0 aromatic heterocycles. The molecule has 2 aliphatic rings. The fourth-order valence-electron chi connectivity index (χ4n) is 2.88. The number of halogens is 3. The predicted octanol–water partition coefficient (Wildman–Crippen LogP) is 3.15. The van der Waals surface area contributed by atoms with E-state index in [4.69, 9.17) is 0 Å². The number of fused-ring (bicyclic) bond motifs is 1. The summed E-state index contributed by atoms with van der Waals surface area (Å²) in [4.78, 5) is 11.7. The van der Waals surface area contributed by atoms with Gasteiger partial charge in [0.2, 0.25) is 0 Å². The highest BCUT2D eigenvalue weighted by atomic mass is 19.4. The minimum absolute atomic E-state index is 0.0479. The third kappa shape index (κ3) is 2.64. The highest BCUT2D eigenvalue weighted by molar-refractivity contribution is 5.99. The van der Waals surface area contributed by atoms with Crippen LogP contribution in [-0.4, -0.2) is 11.9 Å². The number of nitrogens with one attached hydrogen (secondary N) is 2. The molecule has 21 heavy (non-hydrogen) atoms.